The van der Waals surface area contributed by atoms with Crippen molar-refractivity contribution in [2.24, 2.45) is 5.10 Å². The zero-order valence-electron chi connectivity index (χ0n) is 16.6. The third kappa shape index (κ3) is 6.77. The van der Waals surface area contributed by atoms with Gasteiger partial charge in [0, 0.05) is 20.2 Å². The highest BCUT2D eigenvalue weighted by Crippen LogP contribution is 2.23. The quantitative estimate of drug-likeness (QED) is 0.183. The van der Waals surface area contributed by atoms with Gasteiger partial charge in [0.05, 0.1) is 18.3 Å². The molecule has 0 aromatic heterocycles. The number of aryl methyl sites for hydroxylation is 1. The van der Waals surface area contributed by atoms with Crippen LogP contribution in [0.15, 0.2) is 80.8 Å². The molecule has 0 aliphatic heterocycles. The summed E-state index contributed by atoms with van der Waals surface area (Å²) in [6.07, 6.45) is 1.43. The summed E-state index contributed by atoms with van der Waals surface area (Å²) in [7, 11) is 0. The van der Waals surface area contributed by atoms with Crippen LogP contribution in [0.5, 0.6) is 5.75 Å². The molecule has 3 aromatic carbocycles. The summed E-state index contributed by atoms with van der Waals surface area (Å²) in [6.45, 7) is 2.04. The van der Waals surface area contributed by atoms with Gasteiger partial charge in [-0.1, -0.05) is 50.1 Å². The lowest BCUT2D eigenvalue weighted by atomic mass is 10.2. The number of amides is 1. The monoisotopic (exact) mass is 543 g/mol. The minimum Gasteiger partial charge on any atom is -0.422 e. The molecule has 6 nitrogen and oxygen atoms in total. The first-order valence-electron chi connectivity index (χ1n) is 9.31. The Balaban J connectivity index is 1.62. The summed E-state index contributed by atoms with van der Waals surface area (Å²) < 4.78 is 7.16. The highest BCUT2D eigenvalue weighted by atomic mass is 79.9. The molecule has 0 heterocycles. The average molecular weight is 545 g/mol. The van der Waals surface area contributed by atoms with Crippen LogP contribution in [-0.4, -0.2) is 24.6 Å². The van der Waals surface area contributed by atoms with E-state index in [0.29, 0.717) is 16.9 Å². The van der Waals surface area contributed by atoms with Crippen molar-refractivity contribution < 1.29 is 14.3 Å². The number of esters is 1. The van der Waals surface area contributed by atoms with E-state index in [1.807, 2.05) is 31.2 Å². The van der Waals surface area contributed by atoms with Crippen LogP contribution in [-0.2, 0) is 4.79 Å². The molecule has 0 unspecified atom stereocenters. The van der Waals surface area contributed by atoms with E-state index in [2.05, 4.69) is 47.7 Å². The van der Waals surface area contributed by atoms with E-state index in [-0.39, 0.29) is 12.5 Å². The molecule has 0 saturated carbocycles. The maximum absolute atomic E-state index is 12.4. The predicted molar refractivity (Wildman–Crippen MR) is 129 cm³/mol. The van der Waals surface area contributed by atoms with Crippen molar-refractivity contribution in [1.29, 1.82) is 0 Å². The number of benzene rings is 3. The number of carbonyl (C=O) groups is 2. The number of nitrogens with zero attached hydrogens (tertiary/aromatic N) is 1. The van der Waals surface area contributed by atoms with Gasteiger partial charge in [0.1, 0.15) is 5.75 Å². The molecular formula is C23H19Br2N3O3. The van der Waals surface area contributed by atoms with Gasteiger partial charge in [0.15, 0.2) is 0 Å². The van der Waals surface area contributed by atoms with Crippen molar-refractivity contribution in [2.75, 3.05) is 11.9 Å². The number of carbonyl (C=O) groups excluding carboxylic acids is 2. The number of ether oxygens (including phenoxy) is 1. The highest BCUT2D eigenvalue weighted by molar-refractivity contribution is 9.10. The number of hydrogen-bond acceptors (Lipinski definition) is 5. The maximum atomic E-state index is 12.4. The zero-order valence-corrected chi connectivity index (χ0v) is 19.7. The predicted octanol–water partition coefficient (Wildman–Crippen LogP) is 5.30. The lowest BCUT2D eigenvalue weighted by molar-refractivity contribution is -0.119. The van der Waals surface area contributed by atoms with Crippen molar-refractivity contribution in [3.05, 3.63) is 92.4 Å². The first-order valence-corrected chi connectivity index (χ1v) is 10.9. The molecule has 31 heavy (non-hydrogen) atoms. The second kappa shape index (κ2) is 10.9. The fraction of sp³-hybridized carbons (Fsp3) is 0.0870. The number of hydrogen-bond donors (Lipinski definition) is 2. The van der Waals surface area contributed by atoms with E-state index < -0.39 is 5.97 Å². The van der Waals surface area contributed by atoms with Crippen molar-refractivity contribution in [3.63, 3.8) is 0 Å². The molecular weight excluding hydrogens is 526 g/mol. The Labute approximate surface area is 197 Å². The molecule has 0 aliphatic rings. The lowest BCUT2D eigenvalue weighted by Crippen LogP contribution is -2.26. The summed E-state index contributed by atoms with van der Waals surface area (Å²) in [5.74, 6) is -0.467. The van der Waals surface area contributed by atoms with Crippen LogP contribution in [0, 0.1) is 6.92 Å². The van der Waals surface area contributed by atoms with E-state index >= 15 is 0 Å². The molecule has 8 heteroatoms. The van der Waals surface area contributed by atoms with Gasteiger partial charge in [-0.2, -0.15) is 5.10 Å². The minimum atomic E-state index is -0.490. The molecule has 158 valence electrons. The largest absolute Gasteiger partial charge is 0.422 e. The van der Waals surface area contributed by atoms with Gasteiger partial charge in [-0.05, 0) is 61.0 Å². The molecule has 0 saturated heterocycles. The van der Waals surface area contributed by atoms with Gasteiger partial charge in [0.2, 0.25) is 0 Å². The van der Waals surface area contributed by atoms with Crippen molar-refractivity contribution in [1.82, 2.24) is 5.43 Å². The Morgan fingerprint density at radius 1 is 1.00 bits per heavy atom. The van der Waals surface area contributed by atoms with Crippen LogP contribution >= 0.6 is 31.9 Å². The fourth-order valence-electron chi connectivity index (χ4n) is 2.62. The molecule has 0 spiro atoms. The molecule has 0 bridgehead atoms. The van der Waals surface area contributed by atoms with E-state index in [9.17, 15) is 9.59 Å². The SMILES string of the molecule is Cc1ccccc1NCC(=O)NN=Cc1cc(Br)ccc1OC(=O)c1ccc(Br)cc1. The fourth-order valence-corrected chi connectivity index (χ4v) is 3.26. The topological polar surface area (TPSA) is 79.8 Å². The molecule has 0 fully saturated rings. The second-order valence-corrected chi connectivity index (χ2v) is 8.37. The summed E-state index contributed by atoms with van der Waals surface area (Å²) in [4.78, 5) is 24.5. The molecule has 1 amide bonds. The minimum absolute atomic E-state index is 0.0755. The number of para-hydroxylation sites is 1. The van der Waals surface area contributed by atoms with Crippen LogP contribution in [0.3, 0.4) is 0 Å². The molecule has 0 aliphatic carbocycles. The van der Waals surface area contributed by atoms with Gasteiger partial charge in [-0.25, -0.2) is 10.2 Å². The average Bonchev–Trinajstić information content (AvgIpc) is 2.75. The van der Waals surface area contributed by atoms with Gasteiger partial charge in [-0.3, -0.25) is 4.79 Å². The number of rotatable bonds is 7. The van der Waals surface area contributed by atoms with Crippen LogP contribution < -0.4 is 15.5 Å². The first-order chi connectivity index (χ1) is 14.9. The van der Waals surface area contributed by atoms with E-state index in [1.165, 1.54) is 6.21 Å². The van der Waals surface area contributed by atoms with Crippen molar-refractivity contribution in [3.8, 4) is 5.75 Å². The zero-order chi connectivity index (χ0) is 22.2. The van der Waals surface area contributed by atoms with E-state index in [0.717, 1.165) is 20.2 Å². The van der Waals surface area contributed by atoms with Crippen molar-refractivity contribution in [2.45, 2.75) is 6.92 Å². The second-order valence-electron chi connectivity index (χ2n) is 6.54. The Kier molecular flexibility index (Phi) is 7.97. The number of hydrazone groups is 1. The van der Waals surface area contributed by atoms with Gasteiger partial charge in [0.25, 0.3) is 5.91 Å². The third-order valence-electron chi connectivity index (χ3n) is 4.23. The van der Waals surface area contributed by atoms with Crippen LogP contribution in [0.2, 0.25) is 0 Å². The molecule has 3 rings (SSSR count). The van der Waals surface area contributed by atoms with Gasteiger partial charge < -0.3 is 10.1 Å². The first kappa shape index (κ1) is 22.7. The summed E-state index contributed by atoms with van der Waals surface area (Å²) in [5.41, 5.74) is 5.35. The smallest absolute Gasteiger partial charge is 0.343 e. The third-order valence-corrected chi connectivity index (χ3v) is 5.25. The Hall–Kier alpha value is -2.97. The van der Waals surface area contributed by atoms with Crippen LogP contribution in [0.1, 0.15) is 21.5 Å². The lowest BCUT2D eigenvalue weighted by Gasteiger charge is -2.09. The summed E-state index contributed by atoms with van der Waals surface area (Å²) >= 11 is 6.72. The highest BCUT2D eigenvalue weighted by Gasteiger charge is 2.12. The molecule has 0 radical (unpaired) electrons. The van der Waals surface area contributed by atoms with E-state index in [1.54, 1.807) is 42.5 Å². The number of anilines is 1. The molecule has 0 atom stereocenters. The van der Waals surface area contributed by atoms with Crippen LogP contribution in [0.4, 0.5) is 5.69 Å². The van der Waals surface area contributed by atoms with Crippen molar-refractivity contribution >= 4 is 55.6 Å². The van der Waals surface area contributed by atoms with Gasteiger partial charge >= 0.3 is 5.97 Å². The standard InChI is InChI=1S/C23H19Br2N3O3/c1-15-4-2-3-5-20(15)26-14-22(29)28-27-13-17-12-19(25)10-11-21(17)31-23(30)16-6-8-18(24)9-7-16/h2-13,26H,14H2,1H3,(H,28,29). The summed E-state index contributed by atoms with van der Waals surface area (Å²) in [6, 6.07) is 19.7. The molecule has 2 N–H and O–H groups in total. The Morgan fingerprint density at radius 2 is 1.71 bits per heavy atom. The maximum Gasteiger partial charge on any atom is 0.343 e. The van der Waals surface area contributed by atoms with Crippen LogP contribution in [0.25, 0.3) is 0 Å². The molecule has 3 aromatic rings. The summed E-state index contributed by atoms with van der Waals surface area (Å²) in [5, 5.41) is 7.05. The Morgan fingerprint density at radius 3 is 2.45 bits per heavy atom. The van der Waals surface area contributed by atoms with E-state index in [4.69, 9.17) is 4.74 Å². The van der Waals surface area contributed by atoms with Gasteiger partial charge in [-0.15, -0.1) is 0 Å². The number of halogens is 2. The number of nitrogens with one attached hydrogen (secondary N) is 2. The Bertz CT molecular complexity index is 1120. The normalized spacial score (nSPS) is 10.7.